The zero-order valence-corrected chi connectivity index (χ0v) is 13.7. The molecule has 1 heterocycles. The first kappa shape index (κ1) is 15.8. The molecule has 0 bridgehead atoms. The van der Waals surface area contributed by atoms with Crippen molar-refractivity contribution in [2.24, 2.45) is 5.92 Å². The van der Waals surface area contributed by atoms with Crippen LogP contribution in [0.5, 0.6) is 0 Å². The zero-order chi connectivity index (χ0) is 14.5. The van der Waals surface area contributed by atoms with Crippen LogP contribution in [-0.2, 0) is 6.42 Å². The predicted molar refractivity (Wildman–Crippen MR) is 87.5 cm³/mol. The molecule has 3 heteroatoms. The Balaban J connectivity index is 1.87. The Kier molecular flexibility index (Phi) is 5.88. The first-order valence-electron chi connectivity index (χ1n) is 7.68. The van der Waals surface area contributed by atoms with E-state index in [4.69, 9.17) is 11.6 Å². The molecule has 1 aromatic rings. The number of hydrogen-bond acceptors (Lipinski definition) is 2. The molecule has 2 nitrogen and oxygen atoms in total. The van der Waals surface area contributed by atoms with E-state index in [0.29, 0.717) is 5.92 Å². The highest BCUT2D eigenvalue weighted by Gasteiger charge is 2.18. The smallest absolute Gasteiger partial charge is 0.0712 e. The molecule has 0 spiro atoms. The van der Waals surface area contributed by atoms with Crippen LogP contribution in [0.4, 0.5) is 0 Å². The maximum absolute atomic E-state index is 6.58. The molecule has 0 aliphatic carbocycles. The lowest BCUT2D eigenvalue weighted by molar-refractivity contribution is 0.154. The maximum Gasteiger partial charge on any atom is 0.0712 e. The minimum Gasteiger partial charge on any atom is -0.304 e. The lowest BCUT2D eigenvalue weighted by Gasteiger charge is -2.33. The van der Waals surface area contributed by atoms with Gasteiger partial charge >= 0.3 is 0 Å². The summed E-state index contributed by atoms with van der Waals surface area (Å²) in [7, 11) is 2.18. The number of alkyl halides is 1. The van der Waals surface area contributed by atoms with Gasteiger partial charge in [0.25, 0.3) is 0 Å². The normalized spacial score (nSPS) is 19.4. The van der Waals surface area contributed by atoms with Gasteiger partial charge < -0.3 is 4.90 Å². The molecule has 0 radical (unpaired) electrons. The van der Waals surface area contributed by atoms with Crippen LogP contribution in [0.3, 0.4) is 0 Å². The Labute approximate surface area is 128 Å². The molecule has 0 amide bonds. The highest BCUT2D eigenvalue weighted by Crippen LogP contribution is 2.23. The van der Waals surface area contributed by atoms with Gasteiger partial charge in [-0.1, -0.05) is 38.1 Å². The Morgan fingerprint density at radius 2 is 1.65 bits per heavy atom. The average molecular weight is 295 g/mol. The third-order valence-electron chi connectivity index (χ3n) is 4.00. The summed E-state index contributed by atoms with van der Waals surface area (Å²) in [6.45, 7) is 10.0. The van der Waals surface area contributed by atoms with E-state index >= 15 is 0 Å². The van der Waals surface area contributed by atoms with Gasteiger partial charge in [-0.05, 0) is 30.5 Å². The van der Waals surface area contributed by atoms with Crippen molar-refractivity contribution in [2.45, 2.75) is 25.6 Å². The van der Waals surface area contributed by atoms with E-state index < -0.39 is 0 Å². The van der Waals surface area contributed by atoms with Crippen molar-refractivity contribution >= 4 is 11.6 Å². The van der Waals surface area contributed by atoms with Crippen molar-refractivity contribution in [3.63, 3.8) is 0 Å². The molecule has 1 fully saturated rings. The van der Waals surface area contributed by atoms with Crippen LogP contribution in [0.2, 0.25) is 0 Å². The fourth-order valence-electron chi connectivity index (χ4n) is 2.70. The largest absolute Gasteiger partial charge is 0.304 e. The predicted octanol–water partition coefficient (Wildman–Crippen LogP) is 3.41. The number of piperazine rings is 1. The van der Waals surface area contributed by atoms with Crippen molar-refractivity contribution in [3.05, 3.63) is 35.4 Å². The first-order valence-corrected chi connectivity index (χ1v) is 8.12. The number of likely N-dealkylation sites (N-methyl/N-ethyl adjacent to an activating group) is 1. The third-order valence-corrected chi connectivity index (χ3v) is 4.39. The molecular formula is C17H27ClN2. The minimum absolute atomic E-state index is 0.103. The van der Waals surface area contributed by atoms with Gasteiger partial charge in [-0.2, -0.15) is 0 Å². The van der Waals surface area contributed by atoms with Crippen LogP contribution >= 0.6 is 11.6 Å². The van der Waals surface area contributed by atoms with E-state index in [1.165, 1.54) is 11.1 Å². The van der Waals surface area contributed by atoms with Crippen molar-refractivity contribution < 1.29 is 0 Å². The number of benzene rings is 1. The van der Waals surface area contributed by atoms with Crippen LogP contribution in [0, 0.1) is 5.92 Å². The molecule has 2 rings (SSSR count). The molecular weight excluding hydrogens is 268 g/mol. The SMILES string of the molecule is CC(C)Cc1ccc(C(Cl)CN2CCN(C)CC2)cc1. The number of nitrogens with zero attached hydrogens (tertiary/aromatic N) is 2. The van der Waals surface area contributed by atoms with Gasteiger partial charge in [-0.3, -0.25) is 4.90 Å². The van der Waals surface area contributed by atoms with Gasteiger partial charge in [0.1, 0.15) is 0 Å². The molecule has 0 saturated carbocycles. The van der Waals surface area contributed by atoms with E-state index in [0.717, 1.165) is 39.1 Å². The highest BCUT2D eigenvalue weighted by molar-refractivity contribution is 6.21. The number of rotatable bonds is 5. The maximum atomic E-state index is 6.58. The van der Waals surface area contributed by atoms with E-state index in [-0.39, 0.29) is 5.38 Å². The average Bonchev–Trinajstić information content (AvgIpc) is 2.41. The van der Waals surface area contributed by atoms with Gasteiger partial charge in [-0.25, -0.2) is 0 Å². The molecule has 1 saturated heterocycles. The van der Waals surface area contributed by atoms with E-state index in [1.807, 2.05) is 0 Å². The first-order chi connectivity index (χ1) is 9.54. The Morgan fingerprint density at radius 1 is 1.05 bits per heavy atom. The minimum atomic E-state index is 0.103. The molecule has 1 unspecified atom stereocenters. The molecule has 20 heavy (non-hydrogen) atoms. The molecule has 1 aromatic carbocycles. The van der Waals surface area contributed by atoms with E-state index in [2.05, 4.69) is 55.0 Å². The van der Waals surface area contributed by atoms with Crippen LogP contribution in [0.25, 0.3) is 0 Å². The summed E-state index contributed by atoms with van der Waals surface area (Å²) in [5, 5.41) is 0.103. The molecule has 1 aliphatic rings. The quantitative estimate of drug-likeness (QED) is 0.768. The standard InChI is InChI=1S/C17H27ClN2/c1-14(2)12-15-4-6-16(7-5-15)17(18)13-20-10-8-19(3)9-11-20/h4-7,14,17H,8-13H2,1-3H3. The van der Waals surface area contributed by atoms with Gasteiger partial charge in [0.2, 0.25) is 0 Å². The third kappa shape index (κ3) is 4.76. The Morgan fingerprint density at radius 3 is 2.20 bits per heavy atom. The van der Waals surface area contributed by atoms with Gasteiger partial charge in [-0.15, -0.1) is 11.6 Å². The molecule has 1 aliphatic heterocycles. The van der Waals surface area contributed by atoms with Gasteiger partial charge in [0, 0.05) is 32.7 Å². The summed E-state index contributed by atoms with van der Waals surface area (Å²) in [6, 6.07) is 8.86. The molecule has 1 atom stereocenters. The summed E-state index contributed by atoms with van der Waals surface area (Å²) in [4.78, 5) is 4.85. The second-order valence-corrected chi connectivity index (χ2v) is 6.94. The summed E-state index contributed by atoms with van der Waals surface area (Å²) in [5.41, 5.74) is 2.66. The molecule has 0 N–H and O–H groups in total. The highest BCUT2D eigenvalue weighted by atomic mass is 35.5. The van der Waals surface area contributed by atoms with Crippen LogP contribution < -0.4 is 0 Å². The number of halogens is 1. The van der Waals surface area contributed by atoms with Gasteiger partial charge in [0.15, 0.2) is 0 Å². The van der Waals surface area contributed by atoms with Crippen LogP contribution in [0.15, 0.2) is 24.3 Å². The van der Waals surface area contributed by atoms with E-state index in [1.54, 1.807) is 0 Å². The Bertz CT molecular complexity index is 394. The lowest BCUT2D eigenvalue weighted by atomic mass is 10.0. The monoisotopic (exact) mass is 294 g/mol. The van der Waals surface area contributed by atoms with Crippen LogP contribution in [0.1, 0.15) is 30.4 Å². The fourth-order valence-corrected chi connectivity index (χ4v) is 3.04. The summed E-state index contributed by atoms with van der Waals surface area (Å²) >= 11 is 6.58. The second-order valence-electron chi connectivity index (χ2n) is 6.41. The molecule has 0 aromatic heterocycles. The van der Waals surface area contributed by atoms with Crippen molar-refractivity contribution in [3.8, 4) is 0 Å². The van der Waals surface area contributed by atoms with Crippen molar-refractivity contribution in [1.82, 2.24) is 9.80 Å². The summed E-state index contributed by atoms with van der Waals surface area (Å²) in [5.74, 6) is 0.706. The molecule has 112 valence electrons. The van der Waals surface area contributed by atoms with Crippen molar-refractivity contribution in [1.29, 1.82) is 0 Å². The van der Waals surface area contributed by atoms with Crippen LogP contribution in [-0.4, -0.2) is 49.6 Å². The van der Waals surface area contributed by atoms with Gasteiger partial charge in [0.05, 0.1) is 5.38 Å². The second kappa shape index (κ2) is 7.44. The lowest BCUT2D eigenvalue weighted by Crippen LogP contribution is -2.45. The Hall–Kier alpha value is -0.570. The van der Waals surface area contributed by atoms with E-state index in [9.17, 15) is 0 Å². The summed E-state index contributed by atoms with van der Waals surface area (Å²) in [6.07, 6.45) is 1.14. The summed E-state index contributed by atoms with van der Waals surface area (Å²) < 4.78 is 0. The zero-order valence-electron chi connectivity index (χ0n) is 13.0. The fraction of sp³-hybridized carbons (Fsp3) is 0.647. The number of hydrogen-bond donors (Lipinski definition) is 0. The van der Waals surface area contributed by atoms with Crippen molar-refractivity contribution in [2.75, 3.05) is 39.8 Å². The topological polar surface area (TPSA) is 6.48 Å².